The number of nitrogens with one attached hydrogen (secondary N) is 1. The van der Waals surface area contributed by atoms with Crippen molar-refractivity contribution in [1.82, 2.24) is 5.32 Å². The Morgan fingerprint density at radius 3 is 2.38 bits per heavy atom. The molecular formula is C15H18F3NO2. The predicted octanol–water partition coefficient (Wildman–Crippen LogP) is 3.14. The standard InChI is InChI=1S/C15H18F3NO2/c1-2-21-13(20)14(7-8-14)10-19-9-11-3-5-12(6-4-11)15(16,17)18/h3-6,19H,2,7-10H2,1H3. The zero-order chi connectivity index (χ0) is 15.5. The van der Waals surface area contributed by atoms with Gasteiger partial charge in [-0.2, -0.15) is 13.2 Å². The molecule has 0 aromatic heterocycles. The number of rotatable bonds is 6. The van der Waals surface area contributed by atoms with E-state index < -0.39 is 17.2 Å². The van der Waals surface area contributed by atoms with Crippen molar-refractivity contribution >= 4 is 5.97 Å². The highest BCUT2D eigenvalue weighted by molar-refractivity contribution is 5.80. The summed E-state index contributed by atoms with van der Waals surface area (Å²) in [6.45, 7) is 3.05. The van der Waals surface area contributed by atoms with Crippen molar-refractivity contribution in [3.63, 3.8) is 0 Å². The van der Waals surface area contributed by atoms with Crippen molar-refractivity contribution in [3.8, 4) is 0 Å². The maximum atomic E-state index is 12.4. The summed E-state index contributed by atoms with van der Waals surface area (Å²) >= 11 is 0. The lowest BCUT2D eigenvalue weighted by molar-refractivity contribution is -0.149. The first-order valence-electron chi connectivity index (χ1n) is 6.91. The molecule has 1 aromatic rings. The Balaban J connectivity index is 1.83. The van der Waals surface area contributed by atoms with E-state index in [-0.39, 0.29) is 5.97 Å². The number of carbonyl (C=O) groups excluding carboxylic acids is 1. The van der Waals surface area contributed by atoms with E-state index >= 15 is 0 Å². The number of hydrogen-bond acceptors (Lipinski definition) is 3. The van der Waals surface area contributed by atoms with Gasteiger partial charge in [-0.3, -0.25) is 4.79 Å². The molecule has 116 valence electrons. The summed E-state index contributed by atoms with van der Waals surface area (Å²) in [4.78, 5) is 11.7. The molecular weight excluding hydrogens is 283 g/mol. The van der Waals surface area contributed by atoms with Crippen LogP contribution in [0.2, 0.25) is 0 Å². The molecule has 0 aliphatic heterocycles. The smallest absolute Gasteiger partial charge is 0.416 e. The van der Waals surface area contributed by atoms with Crippen molar-refractivity contribution in [2.24, 2.45) is 5.41 Å². The Morgan fingerprint density at radius 2 is 1.90 bits per heavy atom. The van der Waals surface area contributed by atoms with Crippen LogP contribution in [0.5, 0.6) is 0 Å². The molecule has 6 heteroatoms. The normalized spacial score (nSPS) is 16.6. The lowest BCUT2D eigenvalue weighted by atomic mass is 10.1. The lowest BCUT2D eigenvalue weighted by Crippen LogP contribution is -2.31. The van der Waals surface area contributed by atoms with Gasteiger partial charge in [0.05, 0.1) is 17.6 Å². The third-order valence-corrected chi connectivity index (χ3v) is 3.64. The first-order valence-corrected chi connectivity index (χ1v) is 6.91. The molecule has 21 heavy (non-hydrogen) atoms. The average Bonchev–Trinajstić information content (AvgIpc) is 3.20. The molecule has 0 saturated heterocycles. The summed E-state index contributed by atoms with van der Waals surface area (Å²) < 4.78 is 42.3. The van der Waals surface area contributed by atoms with Gasteiger partial charge in [0.1, 0.15) is 0 Å². The van der Waals surface area contributed by atoms with Gasteiger partial charge < -0.3 is 10.1 Å². The zero-order valence-electron chi connectivity index (χ0n) is 11.8. The first-order chi connectivity index (χ1) is 9.87. The summed E-state index contributed by atoms with van der Waals surface area (Å²) in [7, 11) is 0. The first kappa shape index (κ1) is 15.8. The van der Waals surface area contributed by atoms with E-state index in [2.05, 4.69) is 5.32 Å². The van der Waals surface area contributed by atoms with E-state index in [0.29, 0.717) is 19.7 Å². The van der Waals surface area contributed by atoms with Crippen molar-refractivity contribution in [1.29, 1.82) is 0 Å². The molecule has 0 amide bonds. The number of carbonyl (C=O) groups is 1. The van der Waals surface area contributed by atoms with Gasteiger partial charge in [0, 0.05) is 13.1 Å². The van der Waals surface area contributed by atoms with Crippen LogP contribution in [-0.2, 0) is 22.3 Å². The molecule has 1 aromatic carbocycles. The molecule has 0 unspecified atom stereocenters. The molecule has 3 nitrogen and oxygen atoms in total. The Hall–Kier alpha value is -1.56. The van der Waals surface area contributed by atoms with Crippen molar-refractivity contribution in [2.75, 3.05) is 13.2 Å². The highest BCUT2D eigenvalue weighted by Gasteiger charge is 2.50. The summed E-state index contributed by atoms with van der Waals surface area (Å²) in [6, 6.07) is 5.02. The van der Waals surface area contributed by atoms with Crippen LogP contribution in [0.4, 0.5) is 13.2 Å². The van der Waals surface area contributed by atoms with Crippen molar-refractivity contribution in [2.45, 2.75) is 32.5 Å². The monoisotopic (exact) mass is 301 g/mol. The number of alkyl halides is 3. The van der Waals surface area contributed by atoms with Gasteiger partial charge in [0.2, 0.25) is 0 Å². The summed E-state index contributed by atoms with van der Waals surface area (Å²) in [5.41, 5.74) is -0.332. The van der Waals surface area contributed by atoms with Gasteiger partial charge in [-0.1, -0.05) is 12.1 Å². The lowest BCUT2D eigenvalue weighted by Gasteiger charge is -2.14. The maximum absolute atomic E-state index is 12.4. The minimum absolute atomic E-state index is 0.190. The second-order valence-electron chi connectivity index (χ2n) is 5.30. The van der Waals surface area contributed by atoms with E-state index in [1.54, 1.807) is 6.92 Å². The third-order valence-electron chi connectivity index (χ3n) is 3.64. The van der Waals surface area contributed by atoms with Gasteiger partial charge >= 0.3 is 12.1 Å². The number of benzene rings is 1. The van der Waals surface area contributed by atoms with Crippen LogP contribution in [0.25, 0.3) is 0 Å². The van der Waals surface area contributed by atoms with E-state index in [1.165, 1.54) is 12.1 Å². The molecule has 1 N–H and O–H groups in total. The Labute approximate surface area is 121 Å². The molecule has 0 heterocycles. The summed E-state index contributed by atoms with van der Waals surface area (Å²) in [5.74, 6) is -0.190. The van der Waals surface area contributed by atoms with E-state index in [4.69, 9.17) is 4.74 Å². The summed E-state index contributed by atoms with van der Waals surface area (Å²) in [5, 5.41) is 3.12. The van der Waals surface area contributed by atoms with Crippen LogP contribution in [0.3, 0.4) is 0 Å². The fourth-order valence-electron chi connectivity index (χ4n) is 2.15. The molecule has 0 spiro atoms. The Kier molecular flexibility index (Phi) is 4.56. The van der Waals surface area contributed by atoms with Crippen LogP contribution < -0.4 is 5.32 Å². The van der Waals surface area contributed by atoms with Crippen LogP contribution in [0.1, 0.15) is 30.9 Å². The predicted molar refractivity (Wildman–Crippen MR) is 71.5 cm³/mol. The number of halogens is 3. The Bertz CT molecular complexity index is 493. The largest absolute Gasteiger partial charge is 0.466 e. The second-order valence-corrected chi connectivity index (χ2v) is 5.30. The molecule has 0 radical (unpaired) electrons. The van der Waals surface area contributed by atoms with Crippen molar-refractivity contribution in [3.05, 3.63) is 35.4 Å². The second kappa shape index (κ2) is 6.05. The summed E-state index contributed by atoms with van der Waals surface area (Å²) in [6.07, 6.45) is -2.72. The third kappa shape index (κ3) is 3.97. The van der Waals surface area contributed by atoms with Crippen LogP contribution in [-0.4, -0.2) is 19.1 Å². The molecule has 2 rings (SSSR count). The van der Waals surface area contributed by atoms with Gasteiger partial charge in [0.15, 0.2) is 0 Å². The van der Waals surface area contributed by atoms with Gasteiger partial charge in [-0.05, 0) is 37.5 Å². The topological polar surface area (TPSA) is 38.3 Å². The Morgan fingerprint density at radius 1 is 1.29 bits per heavy atom. The fourth-order valence-corrected chi connectivity index (χ4v) is 2.15. The van der Waals surface area contributed by atoms with Crippen LogP contribution in [0, 0.1) is 5.41 Å². The molecule has 1 aliphatic carbocycles. The van der Waals surface area contributed by atoms with Gasteiger partial charge in [-0.15, -0.1) is 0 Å². The molecule has 1 aliphatic rings. The molecule has 0 atom stereocenters. The van der Waals surface area contributed by atoms with E-state index in [1.807, 2.05) is 0 Å². The van der Waals surface area contributed by atoms with E-state index in [0.717, 1.165) is 30.5 Å². The minimum atomic E-state index is -4.31. The number of esters is 1. The van der Waals surface area contributed by atoms with Crippen LogP contribution >= 0.6 is 0 Å². The van der Waals surface area contributed by atoms with Gasteiger partial charge in [0.25, 0.3) is 0 Å². The molecule has 1 fully saturated rings. The fraction of sp³-hybridized carbons (Fsp3) is 0.533. The number of ether oxygens (including phenoxy) is 1. The highest BCUT2D eigenvalue weighted by Crippen LogP contribution is 2.46. The van der Waals surface area contributed by atoms with Gasteiger partial charge in [-0.25, -0.2) is 0 Å². The van der Waals surface area contributed by atoms with Crippen molar-refractivity contribution < 1.29 is 22.7 Å². The number of hydrogen-bond donors (Lipinski definition) is 1. The SMILES string of the molecule is CCOC(=O)C1(CNCc2ccc(C(F)(F)F)cc2)CC1. The molecule has 0 bridgehead atoms. The quantitative estimate of drug-likeness (QED) is 0.820. The average molecular weight is 301 g/mol. The van der Waals surface area contributed by atoms with Crippen LogP contribution in [0.15, 0.2) is 24.3 Å². The van der Waals surface area contributed by atoms with E-state index in [9.17, 15) is 18.0 Å². The molecule has 1 saturated carbocycles. The maximum Gasteiger partial charge on any atom is 0.416 e. The minimum Gasteiger partial charge on any atom is -0.466 e. The highest BCUT2D eigenvalue weighted by atomic mass is 19.4. The zero-order valence-corrected chi connectivity index (χ0v) is 11.8.